The number of hydrogen-bond acceptors (Lipinski definition) is 6. The Morgan fingerprint density at radius 3 is 2.65 bits per heavy atom. The first-order valence-electron chi connectivity index (χ1n) is 7.22. The van der Waals surface area contributed by atoms with Crippen molar-refractivity contribution in [3.63, 3.8) is 0 Å². The molecule has 0 unspecified atom stereocenters. The minimum Gasteiger partial charge on any atom is -0.497 e. The number of benzene rings is 1. The molecule has 23 heavy (non-hydrogen) atoms. The second-order valence-electron chi connectivity index (χ2n) is 4.71. The first-order valence-corrected chi connectivity index (χ1v) is 8.10. The van der Waals surface area contributed by atoms with Crippen LogP contribution in [0.15, 0.2) is 29.6 Å². The SMILES string of the molecule is CCCCOC(=O)C(=O)Nc1nc(-c2ccc(OC)cc2)cs1. The lowest BCUT2D eigenvalue weighted by molar-refractivity contribution is -0.152. The molecule has 1 aromatic heterocycles. The van der Waals surface area contributed by atoms with Crippen molar-refractivity contribution in [2.75, 3.05) is 19.0 Å². The maximum Gasteiger partial charge on any atom is 0.397 e. The third-order valence-corrected chi connectivity index (χ3v) is 3.78. The van der Waals surface area contributed by atoms with Crippen molar-refractivity contribution in [3.05, 3.63) is 29.6 Å². The largest absolute Gasteiger partial charge is 0.497 e. The van der Waals surface area contributed by atoms with Crippen LogP contribution in [0.5, 0.6) is 5.75 Å². The molecule has 0 aliphatic carbocycles. The number of thiazole rings is 1. The Morgan fingerprint density at radius 2 is 2.00 bits per heavy atom. The van der Waals surface area contributed by atoms with E-state index in [2.05, 4.69) is 10.3 Å². The van der Waals surface area contributed by atoms with E-state index in [-0.39, 0.29) is 6.61 Å². The smallest absolute Gasteiger partial charge is 0.397 e. The van der Waals surface area contributed by atoms with Crippen LogP contribution in [0.3, 0.4) is 0 Å². The molecule has 0 bridgehead atoms. The van der Waals surface area contributed by atoms with Crippen molar-refractivity contribution < 1.29 is 19.1 Å². The number of carbonyl (C=O) groups is 2. The van der Waals surface area contributed by atoms with E-state index in [1.165, 1.54) is 11.3 Å². The fourth-order valence-corrected chi connectivity index (χ4v) is 2.46. The molecule has 2 rings (SSSR count). The van der Waals surface area contributed by atoms with E-state index in [1.807, 2.05) is 31.2 Å². The Labute approximate surface area is 138 Å². The molecule has 0 aliphatic rings. The Morgan fingerprint density at radius 1 is 1.26 bits per heavy atom. The lowest BCUT2D eigenvalue weighted by Crippen LogP contribution is -2.25. The van der Waals surface area contributed by atoms with E-state index < -0.39 is 11.9 Å². The summed E-state index contributed by atoms with van der Waals surface area (Å²) in [7, 11) is 1.60. The van der Waals surface area contributed by atoms with Gasteiger partial charge in [-0.1, -0.05) is 13.3 Å². The third kappa shape index (κ3) is 4.79. The predicted molar refractivity (Wildman–Crippen MR) is 88.6 cm³/mol. The number of nitrogens with zero attached hydrogens (tertiary/aromatic N) is 1. The summed E-state index contributed by atoms with van der Waals surface area (Å²) < 4.78 is 9.95. The summed E-state index contributed by atoms with van der Waals surface area (Å²) in [5.74, 6) is -0.941. The van der Waals surface area contributed by atoms with Gasteiger partial charge in [-0.25, -0.2) is 9.78 Å². The fourth-order valence-electron chi connectivity index (χ4n) is 1.75. The summed E-state index contributed by atoms with van der Waals surface area (Å²) in [4.78, 5) is 27.5. The number of unbranched alkanes of at least 4 members (excludes halogenated alkanes) is 1. The quantitative estimate of drug-likeness (QED) is 0.499. The van der Waals surface area contributed by atoms with Gasteiger partial charge in [0.25, 0.3) is 0 Å². The van der Waals surface area contributed by atoms with E-state index in [4.69, 9.17) is 9.47 Å². The van der Waals surface area contributed by atoms with E-state index in [9.17, 15) is 9.59 Å². The number of nitrogens with one attached hydrogen (secondary N) is 1. The average Bonchev–Trinajstić information content (AvgIpc) is 3.03. The second kappa shape index (κ2) is 8.28. The van der Waals surface area contributed by atoms with Crippen LogP contribution in [0.1, 0.15) is 19.8 Å². The van der Waals surface area contributed by atoms with Crippen LogP contribution < -0.4 is 10.1 Å². The summed E-state index contributed by atoms with van der Waals surface area (Å²) in [6.45, 7) is 2.22. The topological polar surface area (TPSA) is 77.5 Å². The number of ether oxygens (including phenoxy) is 2. The van der Waals surface area contributed by atoms with Gasteiger partial charge in [0.15, 0.2) is 5.13 Å². The van der Waals surface area contributed by atoms with Gasteiger partial charge in [0.1, 0.15) is 5.75 Å². The van der Waals surface area contributed by atoms with E-state index in [1.54, 1.807) is 12.5 Å². The molecule has 0 saturated carbocycles. The highest BCUT2D eigenvalue weighted by molar-refractivity contribution is 7.14. The molecule has 1 amide bonds. The van der Waals surface area contributed by atoms with Crippen molar-refractivity contribution >= 4 is 28.3 Å². The van der Waals surface area contributed by atoms with Crippen molar-refractivity contribution in [1.29, 1.82) is 0 Å². The van der Waals surface area contributed by atoms with Gasteiger partial charge in [-0.05, 0) is 30.7 Å². The molecule has 2 aromatic rings. The van der Waals surface area contributed by atoms with E-state index in [0.29, 0.717) is 10.8 Å². The number of aromatic nitrogens is 1. The van der Waals surface area contributed by atoms with Crippen LogP contribution in [0.4, 0.5) is 5.13 Å². The number of rotatable bonds is 6. The number of amides is 1. The lowest BCUT2D eigenvalue weighted by Gasteiger charge is -2.03. The Bertz CT molecular complexity index is 667. The number of carbonyl (C=O) groups excluding carboxylic acids is 2. The van der Waals surface area contributed by atoms with Crippen LogP contribution in [0.25, 0.3) is 11.3 Å². The maximum absolute atomic E-state index is 11.7. The molecule has 0 aliphatic heterocycles. The van der Waals surface area contributed by atoms with Crippen LogP contribution in [-0.2, 0) is 14.3 Å². The standard InChI is InChI=1S/C16H18N2O4S/c1-3-4-9-22-15(20)14(19)18-16-17-13(10-23-16)11-5-7-12(21-2)8-6-11/h5-8,10H,3-4,9H2,1-2H3,(H,17,18,19). The summed E-state index contributed by atoms with van der Waals surface area (Å²) in [6, 6.07) is 7.41. The van der Waals surface area contributed by atoms with Crippen molar-refractivity contribution in [2.24, 2.45) is 0 Å². The van der Waals surface area contributed by atoms with Crippen LogP contribution in [0, 0.1) is 0 Å². The summed E-state index contributed by atoms with van der Waals surface area (Å²) >= 11 is 1.25. The van der Waals surface area contributed by atoms with Crippen molar-refractivity contribution in [3.8, 4) is 17.0 Å². The Hall–Kier alpha value is -2.41. The summed E-state index contributed by atoms with van der Waals surface area (Å²) in [6.07, 6.45) is 1.63. The number of methoxy groups -OCH3 is 1. The third-order valence-electron chi connectivity index (χ3n) is 3.03. The van der Waals surface area contributed by atoms with Crippen molar-refractivity contribution in [1.82, 2.24) is 4.98 Å². The molecular formula is C16H18N2O4S. The molecule has 0 spiro atoms. The lowest BCUT2D eigenvalue weighted by atomic mass is 10.2. The van der Waals surface area contributed by atoms with Crippen molar-refractivity contribution in [2.45, 2.75) is 19.8 Å². The fraction of sp³-hybridized carbons (Fsp3) is 0.312. The van der Waals surface area contributed by atoms with Crippen LogP contribution in [0.2, 0.25) is 0 Å². The van der Waals surface area contributed by atoms with E-state index in [0.717, 1.165) is 24.2 Å². The number of hydrogen-bond donors (Lipinski definition) is 1. The van der Waals surface area contributed by atoms with Gasteiger partial charge < -0.3 is 9.47 Å². The minimum absolute atomic E-state index is 0.248. The minimum atomic E-state index is -0.889. The van der Waals surface area contributed by atoms with Gasteiger partial charge in [-0.15, -0.1) is 11.3 Å². The van der Waals surface area contributed by atoms with E-state index >= 15 is 0 Å². The molecule has 1 heterocycles. The number of anilines is 1. The first-order chi connectivity index (χ1) is 11.1. The molecule has 0 radical (unpaired) electrons. The highest BCUT2D eigenvalue weighted by Crippen LogP contribution is 2.26. The van der Waals surface area contributed by atoms with Crippen LogP contribution >= 0.6 is 11.3 Å². The van der Waals surface area contributed by atoms with Crippen LogP contribution in [-0.4, -0.2) is 30.6 Å². The highest BCUT2D eigenvalue weighted by Gasteiger charge is 2.17. The maximum atomic E-state index is 11.7. The molecule has 122 valence electrons. The van der Waals surface area contributed by atoms with Gasteiger partial charge in [0, 0.05) is 10.9 Å². The zero-order valence-corrected chi connectivity index (χ0v) is 13.8. The molecule has 0 fully saturated rings. The molecule has 1 N–H and O–H groups in total. The predicted octanol–water partition coefficient (Wildman–Crippen LogP) is 3.10. The summed E-state index contributed by atoms with van der Waals surface area (Å²) in [5.41, 5.74) is 1.61. The van der Waals surface area contributed by atoms with Gasteiger partial charge in [-0.3, -0.25) is 10.1 Å². The van der Waals surface area contributed by atoms with Gasteiger partial charge in [0.2, 0.25) is 0 Å². The second-order valence-corrected chi connectivity index (χ2v) is 5.57. The number of esters is 1. The molecule has 0 atom stereocenters. The zero-order valence-electron chi connectivity index (χ0n) is 13.0. The van der Waals surface area contributed by atoms with Gasteiger partial charge in [-0.2, -0.15) is 0 Å². The summed E-state index contributed by atoms with van der Waals surface area (Å²) in [5, 5.41) is 4.61. The first kappa shape index (κ1) is 17.0. The monoisotopic (exact) mass is 334 g/mol. The zero-order chi connectivity index (χ0) is 16.7. The Kier molecular flexibility index (Phi) is 6.10. The molecule has 7 heteroatoms. The highest BCUT2D eigenvalue weighted by atomic mass is 32.1. The molecular weight excluding hydrogens is 316 g/mol. The normalized spacial score (nSPS) is 10.2. The molecule has 0 saturated heterocycles. The molecule has 1 aromatic carbocycles. The van der Waals surface area contributed by atoms with Gasteiger partial charge >= 0.3 is 11.9 Å². The Balaban J connectivity index is 1.96. The van der Waals surface area contributed by atoms with Gasteiger partial charge in [0.05, 0.1) is 19.4 Å². The average molecular weight is 334 g/mol. The molecule has 6 nitrogen and oxygen atoms in total.